The molecule has 0 saturated carbocycles. The van der Waals surface area contributed by atoms with E-state index in [0.29, 0.717) is 11.8 Å². The molecule has 3 aliphatic rings. The van der Waals surface area contributed by atoms with Crippen LogP contribution in [-0.2, 0) is 70.0 Å². The van der Waals surface area contributed by atoms with E-state index >= 15 is 4.21 Å². The number of amides is 8. The van der Waals surface area contributed by atoms with E-state index in [2.05, 4.69) is 26.3 Å². The first-order valence-electron chi connectivity index (χ1n) is 26.1. The number of rotatable bonds is 19. The number of aliphatic hydroxyl groups excluding tert-OH is 3. The molecule has 0 radical (unpaired) electrons. The summed E-state index contributed by atoms with van der Waals surface area (Å²) in [5.74, 6) is -12.9. The van der Waals surface area contributed by atoms with Gasteiger partial charge in [-0.2, -0.15) is 0 Å². The van der Waals surface area contributed by atoms with Crippen LogP contribution in [0, 0.1) is 29.6 Å². The molecule has 3 aliphatic heterocycles. The molecule has 1 aromatic carbocycles. The van der Waals surface area contributed by atoms with Crippen LogP contribution >= 0.6 is 0 Å². The minimum atomic E-state index is -2.40. The summed E-state index contributed by atoms with van der Waals surface area (Å²) in [6, 6.07) is 0.672. The van der Waals surface area contributed by atoms with Crippen molar-refractivity contribution < 1.29 is 77.0 Å². The number of benzene rings is 1. The third-order valence-corrected chi connectivity index (χ3v) is 16.2. The Labute approximate surface area is 453 Å². The second-order valence-corrected chi connectivity index (χ2v) is 21.9. The molecule has 2 aromatic rings. The number of nitrogens with two attached hydrogens (primary N) is 2. The van der Waals surface area contributed by atoms with Gasteiger partial charge in [-0.1, -0.05) is 34.1 Å². The Balaban J connectivity index is 1.63. The highest BCUT2D eigenvalue weighted by molar-refractivity contribution is 7.85. The first-order chi connectivity index (χ1) is 36.9. The highest BCUT2D eigenvalue weighted by atomic mass is 32.2. The van der Waals surface area contributed by atoms with Crippen molar-refractivity contribution >= 4 is 86.3 Å². The molecular formula is C52H73N9O16S. The molecule has 428 valence electrons. The van der Waals surface area contributed by atoms with Gasteiger partial charge in [-0.25, -0.2) is 0 Å². The molecule has 26 heteroatoms. The smallest absolute Gasteiger partial charge is 0.253 e. The number of aromatic amines is 1. The summed E-state index contributed by atoms with van der Waals surface area (Å²) in [4.78, 5) is 152. The van der Waals surface area contributed by atoms with Gasteiger partial charge in [-0.3, -0.25) is 66.7 Å². The predicted octanol–water partition coefficient (Wildman–Crippen LogP) is -2.30. The molecule has 11 atom stereocenters. The van der Waals surface area contributed by atoms with Crippen molar-refractivity contribution in [2.45, 2.75) is 121 Å². The average molecular weight is 1110 g/mol. The molecule has 1 fully saturated rings. The number of Topliss-reactive ketones (excluding diaryl/α,β-unsaturated/α-hetero) is 3. The Morgan fingerprint density at radius 2 is 1.64 bits per heavy atom. The van der Waals surface area contributed by atoms with Crippen LogP contribution in [-0.4, -0.2) is 181 Å². The number of fused-ring (bicyclic) bond motifs is 4. The van der Waals surface area contributed by atoms with Gasteiger partial charge in [0.05, 0.1) is 73.2 Å². The minimum Gasteiger partial charge on any atom is -0.493 e. The van der Waals surface area contributed by atoms with Crippen molar-refractivity contribution in [3.8, 4) is 5.75 Å². The number of hydrogen-bond acceptors (Lipinski definition) is 17. The van der Waals surface area contributed by atoms with Crippen molar-refractivity contribution in [1.82, 2.24) is 36.1 Å². The summed E-state index contributed by atoms with van der Waals surface area (Å²) < 4.78 is 21.0. The van der Waals surface area contributed by atoms with E-state index in [1.807, 2.05) is 13.8 Å². The number of carbonyl (C=O) groups excluding carboxylic acids is 11. The van der Waals surface area contributed by atoms with Crippen LogP contribution in [0.3, 0.4) is 0 Å². The number of hydrogen-bond donors (Lipinski definition) is 10. The van der Waals surface area contributed by atoms with Crippen molar-refractivity contribution in [3.63, 3.8) is 0 Å². The number of H-pyrrole nitrogens is 1. The topological polar surface area (TPSA) is 397 Å². The molecular weight excluding hydrogens is 1040 g/mol. The Kier molecular flexibility index (Phi) is 22.9. The molecule has 0 bridgehead atoms. The Bertz CT molecular complexity index is 2640. The summed E-state index contributed by atoms with van der Waals surface area (Å²) in [7, 11) is -2.40. The van der Waals surface area contributed by atoms with Crippen LogP contribution in [0.4, 0.5) is 0 Å². The van der Waals surface area contributed by atoms with Gasteiger partial charge in [-0.15, -0.1) is 0 Å². The Hall–Kier alpha value is -6.74. The van der Waals surface area contributed by atoms with Gasteiger partial charge >= 0.3 is 0 Å². The largest absolute Gasteiger partial charge is 0.493 e. The predicted molar refractivity (Wildman–Crippen MR) is 279 cm³/mol. The van der Waals surface area contributed by atoms with Crippen LogP contribution in [0.1, 0.15) is 84.6 Å². The molecule has 11 unspecified atom stereocenters. The van der Waals surface area contributed by atoms with Gasteiger partial charge in [0.15, 0.2) is 11.6 Å². The molecule has 25 nitrogen and oxygen atoms in total. The molecule has 5 rings (SSSR count). The molecule has 8 amide bonds. The van der Waals surface area contributed by atoms with E-state index < -0.39 is 187 Å². The number of imide groups is 1. The number of aromatic nitrogens is 1. The minimum absolute atomic E-state index is 0.0216. The number of ketones is 3. The normalized spacial score (nSPS) is 24.8. The van der Waals surface area contributed by atoms with E-state index in [-0.39, 0.29) is 73.2 Å². The summed E-state index contributed by atoms with van der Waals surface area (Å²) in [5.41, 5.74) is 11.3. The van der Waals surface area contributed by atoms with Crippen molar-refractivity contribution in [2.75, 3.05) is 51.7 Å². The molecule has 0 spiro atoms. The lowest BCUT2D eigenvalue weighted by molar-refractivity contribution is -0.137. The monoisotopic (exact) mass is 1110 g/mol. The molecule has 0 aliphatic carbocycles. The van der Waals surface area contributed by atoms with Gasteiger partial charge in [0.25, 0.3) is 11.8 Å². The maximum absolute atomic E-state index is 15.1. The summed E-state index contributed by atoms with van der Waals surface area (Å²) >= 11 is 0. The zero-order chi connectivity index (χ0) is 57.5. The van der Waals surface area contributed by atoms with E-state index in [0.717, 1.165) is 17.1 Å². The Morgan fingerprint density at radius 3 is 2.29 bits per heavy atom. The van der Waals surface area contributed by atoms with Crippen LogP contribution in [0.5, 0.6) is 5.75 Å². The van der Waals surface area contributed by atoms with E-state index in [4.69, 9.17) is 16.2 Å². The lowest BCUT2D eigenvalue weighted by Crippen LogP contribution is -2.52. The first kappa shape index (κ1) is 62.1. The van der Waals surface area contributed by atoms with Crippen molar-refractivity contribution in [3.05, 3.63) is 35.9 Å². The zero-order valence-corrected chi connectivity index (χ0v) is 45.1. The SMILES string of the molecule is CCC(C)C(C)C(=O)NCC(=O)NC1CS(=O)c2[nH]c3cc(OCCCN4C(=O)C=CC4=O)ccc3c2CC(C(=O)NCC(N)=O)NC(=O)C(C(C)C(O)CO)CC(=O)CCC2CC(O)CN2CC(=O)C(CC(N)=O)CC1=O. The molecule has 4 heterocycles. The fourth-order valence-electron chi connectivity index (χ4n) is 9.72. The fourth-order valence-corrected chi connectivity index (χ4v) is 11.2. The molecule has 12 N–H and O–H groups in total. The zero-order valence-electron chi connectivity index (χ0n) is 44.3. The molecule has 1 aromatic heterocycles. The highest BCUT2D eigenvalue weighted by Gasteiger charge is 2.39. The quantitative estimate of drug-likeness (QED) is 0.0522. The maximum Gasteiger partial charge on any atom is 0.253 e. The lowest BCUT2D eigenvalue weighted by atomic mass is 9.83. The second-order valence-electron chi connectivity index (χ2n) is 20.5. The number of nitrogens with zero attached hydrogens (tertiary/aromatic N) is 2. The second kappa shape index (κ2) is 28.8. The van der Waals surface area contributed by atoms with Crippen LogP contribution in [0.15, 0.2) is 35.4 Å². The summed E-state index contributed by atoms with van der Waals surface area (Å²) in [6.45, 7) is 4.43. The Morgan fingerprint density at radius 1 is 0.936 bits per heavy atom. The molecule has 78 heavy (non-hydrogen) atoms. The van der Waals surface area contributed by atoms with Crippen LogP contribution in [0.25, 0.3) is 10.9 Å². The van der Waals surface area contributed by atoms with Crippen molar-refractivity contribution in [1.29, 1.82) is 0 Å². The standard InChI is InChI=1S/C52H73N9O16S/c1-5-27(2)28(3)49(73)56-22-46(70)57-40-26-78(76)52-37(35-10-9-34(19-38(35)59-52)77-14-6-13-61-47(71)11-12-48(61)72)20-39(51(75)55-21-45(54)69)58-50(74)36(29(4)43(67)25-62)18-32(63)8-7-31-17-33(64)23-60(31)24-42(66)30(15-41(40)65)16-44(53)68/h9-12,19,27-31,33,36,39-40,43,59,62,64,67H,5-8,13-18,20-26H2,1-4H3,(H2,53,68)(H2,54,69)(H,55,75)(H,56,73)(H,57,70)(H,58,74). The van der Waals surface area contributed by atoms with Crippen molar-refractivity contribution in [2.24, 2.45) is 41.1 Å². The maximum atomic E-state index is 15.1. The third-order valence-electron chi connectivity index (χ3n) is 14.8. The third kappa shape index (κ3) is 17.1. The first-order valence-corrected chi connectivity index (χ1v) is 27.4. The van der Waals surface area contributed by atoms with E-state index in [1.54, 1.807) is 11.8 Å². The summed E-state index contributed by atoms with van der Waals surface area (Å²) in [5, 5.41) is 41.8. The molecule has 1 saturated heterocycles. The van der Waals surface area contributed by atoms with E-state index in [1.165, 1.54) is 25.1 Å². The van der Waals surface area contributed by atoms with Gasteiger partial charge in [-0.05, 0) is 48.8 Å². The van der Waals surface area contributed by atoms with Gasteiger partial charge in [0.2, 0.25) is 35.4 Å². The van der Waals surface area contributed by atoms with E-state index in [9.17, 15) is 68.1 Å². The number of aliphatic hydroxyl groups is 3. The van der Waals surface area contributed by atoms with Crippen LogP contribution in [0.2, 0.25) is 0 Å². The van der Waals surface area contributed by atoms with Gasteiger partial charge < -0.3 is 57.8 Å². The number of nitrogens with one attached hydrogen (secondary N) is 5. The number of carbonyl (C=O) groups is 11. The van der Waals surface area contributed by atoms with Crippen LogP contribution < -0.4 is 37.5 Å². The number of ether oxygens (including phenoxy) is 1. The average Bonchev–Trinajstić information content (AvgIpc) is 4.08. The highest BCUT2D eigenvalue weighted by Crippen LogP contribution is 2.32. The lowest BCUT2D eigenvalue weighted by Gasteiger charge is -2.28. The van der Waals surface area contributed by atoms with Gasteiger partial charge in [0, 0.05) is 92.6 Å². The fraction of sp³-hybridized carbons (Fsp3) is 0.596. The number of primary amides is 2. The summed E-state index contributed by atoms with van der Waals surface area (Å²) in [6.07, 6.45) is -1.55. The van der Waals surface area contributed by atoms with Gasteiger partial charge in [0.1, 0.15) is 22.6 Å².